The molecule has 1 aromatic heterocycles. The van der Waals surface area contributed by atoms with E-state index in [0.717, 1.165) is 50.8 Å². The zero-order valence-corrected chi connectivity index (χ0v) is 15.3. The third-order valence-corrected chi connectivity index (χ3v) is 6.03. The van der Waals surface area contributed by atoms with Gasteiger partial charge in [0.15, 0.2) is 0 Å². The number of hydrogen-bond donors (Lipinski definition) is 1. The number of aryl methyl sites for hydroxylation is 1. The van der Waals surface area contributed by atoms with Gasteiger partial charge in [-0.25, -0.2) is 4.79 Å². The van der Waals surface area contributed by atoms with Crippen LogP contribution >= 0.6 is 11.3 Å². The zero-order valence-electron chi connectivity index (χ0n) is 14.5. The van der Waals surface area contributed by atoms with Gasteiger partial charge in [0.1, 0.15) is 5.00 Å². The van der Waals surface area contributed by atoms with Gasteiger partial charge in [-0.15, -0.1) is 11.3 Å². The second kappa shape index (κ2) is 7.66. The number of nitrogens with one attached hydrogen (secondary N) is 1. The fourth-order valence-corrected chi connectivity index (χ4v) is 5.08. The van der Waals surface area contributed by atoms with Crippen molar-refractivity contribution in [1.82, 2.24) is 4.90 Å². The fraction of sp³-hybridized carbons (Fsp3) is 0.667. The smallest absolute Gasteiger partial charge is 0.341 e. The third kappa shape index (κ3) is 3.64. The summed E-state index contributed by atoms with van der Waals surface area (Å²) in [7, 11) is 0. The van der Waals surface area contributed by atoms with E-state index in [2.05, 4.69) is 17.1 Å². The van der Waals surface area contributed by atoms with E-state index in [9.17, 15) is 9.59 Å². The molecule has 3 rings (SSSR count). The fourth-order valence-electron chi connectivity index (χ4n) is 3.71. The molecule has 1 N–H and O–H groups in total. The molecule has 0 saturated carbocycles. The number of thiophene rings is 1. The molecule has 1 aromatic rings. The van der Waals surface area contributed by atoms with Crippen molar-refractivity contribution in [2.75, 3.05) is 31.6 Å². The molecule has 0 radical (unpaired) electrons. The van der Waals surface area contributed by atoms with Crippen molar-refractivity contribution in [2.24, 2.45) is 0 Å². The van der Waals surface area contributed by atoms with Crippen LogP contribution in [0.2, 0.25) is 0 Å². The first-order valence-corrected chi connectivity index (χ1v) is 9.76. The number of anilines is 1. The number of nitrogens with zero attached hydrogens (tertiary/aromatic N) is 1. The Morgan fingerprint density at radius 1 is 1.29 bits per heavy atom. The van der Waals surface area contributed by atoms with Crippen molar-refractivity contribution >= 4 is 28.2 Å². The first kappa shape index (κ1) is 17.4. The molecule has 0 aromatic carbocycles. The van der Waals surface area contributed by atoms with Crippen molar-refractivity contribution in [3.8, 4) is 0 Å². The van der Waals surface area contributed by atoms with Crippen LogP contribution in [0.5, 0.6) is 0 Å². The van der Waals surface area contributed by atoms with Gasteiger partial charge in [0, 0.05) is 4.88 Å². The van der Waals surface area contributed by atoms with Gasteiger partial charge in [0.25, 0.3) is 0 Å². The van der Waals surface area contributed by atoms with Crippen LogP contribution in [0.4, 0.5) is 5.00 Å². The quantitative estimate of drug-likeness (QED) is 0.827. The Kier molecular flexibility index (Phi) is 5.56. The van der Waals surface area contributed by atoms with E-state index >= 15 is 0 Å². The molecule has 2 heterocycles. The highest BCUT2D eigenvalue weighted by atomic mass is 32.1. The maximum Gasteiger partial charge on any atom is 0.341 e. The summed E-state index contributed by atoms with van der Waals surface area (Å²) in [6.07, 6.45) is 5.52. The summed E-state index contributed by atoms with van der Waals surface area (Å²) in [4.78, 5) is 28.3. The lowest BCUT2D eigenvalue weighted by molar-refractivity contribution is -0.117. The number of ether oxygens (including phenoxy) is 1. The molecule has 5 nitrogen and oxygen atoms in total. The molecule has 0 unspecified atom stereocenters. The molecule has 24 heavy (non-hydrogen) atoms. The number of fused-ring (bicyclic) bond motifs is 1. The Hall–Kier alpha value is -1.40. The molecule has 1 atom stereocenters. The van der Waals surface area contributed by atoms with Crippen LogP contribution in [0, 0.1) is 0 Å². The van der Waals surface area contributed by atoms with Crippen LogP contribution in [0.25, 0.3) is 0 Å². The van der Waals surface area contributed by atoms with Crippen LogP contribution in [0.3, 0.4) is 0 Å². The van der Waals surface area contributed by atoms with Gasteiger partial charge in [-0.2, -0.15) is 0 Å². The van der Waals surface area contributed by atoms with Gasteiger partial charge in [-0.05, 0) is 63.6 Å². The van der Waals surface area contributed by atoms with Crippen LogP contribution in [0.15, 0.2) is 0 Å². The van der Waals surface area contributed by atoms with Crippen molar-refractivity contribution in [3.05, 3.63) is 16.0 Å². The lowest BCUT2D eigenvalue weighted by Gasteiger charge is -2.19. The molecule has 2 aliphatic rings. The second-order valence-electron chi connectivity index (χ2n) is 6.69. The monoisotopic (exact) mass is 350 g/mol. The van der Waals surface area contributed by atoms with Crippen molar-refractivity contribution in [3.63, 3.8) is 0 Å². The number of carbonyl (C=O) groups is 2. The predicted molar refractivity (Wildman–Crippen MR) is 95.9 cm³/mol. The van der Waals surface area contributed by atoms with Crippen LogP contribution in [-0.2, 0) is 16.0 Å². The van der Waals surface area contributed by atoms with E-state index in [1.165, 1.54) is 4.88 Å². The summed E-state index contributed by atoms with van der Waals surface area (Å²) >= 11 is 1.55. The average molecular weight is 350 g/mol. The maximum absolute atomic E-state index is 12.5. The molecular weight excluding hydrogens is 324 g/mol. The topological polar surface area (TPSA) is 58.6 Å². The minimum atomic E-state index is -0.305. The molecule has 1 fully saturated rings. The molecule has 1 aliphatic heterocycles. The second-order valence-corrected chi connectivity index (χ2v) is 7.79. The van der Waals surface area contributed by atoms with Gasteiger partial charge < -0.3 is 10.1 Å². The number of rotatable bonds is 5. The molecule has 0 bridgehead atoms. The van der Waals surface area contributed by atoms with Gasteiger partial charge >= 0.3 is 5.97 Å². The molecule has 1 amide bonds. The molecule has 1 aliphatic carbocycles. The predicted octanol–water partition coefficient (Wildman–Crippen LogP) is 3.40. The molecule has 0 spiro atoms. The van der Waals surface area contributed by atoms with E-state index in [1.54, 1.807) is 11.3 Å². The zero-order chi connectivity index (χ0) is 17.1. The van der Waals surface area contributed by atoms with Crippen LogP contribution < -0.4 is 5.32 Å². The highest BCUT2D eigenvalue weighted by Gasteiger charge is 2.31. The summed E-state index contributed by atoms with van der Waals surface area (Å²) in [5, 5.41) is 3.67. The lowest BCUT2D eigenvalue weighted by atomic mass is 9.86. The Labute approximate surface area is 147 Å². The Bertz CT molecular complexity index is 620. The Morgan fingerprint density at radius 3 is 2.75 bits per heavy atom. The van der Waals surface area contributed by atoms with E-state index in [1.807, 2.05) is 6.92 Å². The van der Waals surface area contributed by atoms with Crippen LogP contribution in [0.1, 0.15) is 66.2 Å². The molecule has 1 saturated heterocycles. The van der Waals surface area contributed by atoms with Gasteiger partial charge in [-0.3, -0.25) is 9.69 Å². The summed E-state index contributed by atoms with van der Waals surface area (Å²) in [6.45, 7) is 6.68. The lowest BCUT2D eigenvalue weighted by Crippen LogP contribution is -2.31. The minimum absolute atomic E-state index is 0.0336. The van der Waals surface area contributed by atoms with Gasteiger partial charge in [-0.1, -0.05) is 6.92 Å². The first-order chi connectivity index (χ1) is 11.6. The Morgan fingerprint density at radius 2 is 2.04 bits per heavy atom. The summed E-state index contributed by atoms with van der Waals surface area (Å²) in [5.41, 5.74) is 1.69. The van der Waals surface area contributed by atoms with Crippen LogP contribution in [-0.4, -0.2) is 43.0 Å². The largest absolute Gasteiger partial charge is 0.462 e. The van der Waals surface area contributed by atoms with Gasteiger partial charge in [0.05, 0.1) is 18.7 Å². The molecular formula is C18H26N2O3S. The number of amides is 1. The van der Waals surface area contributed by atoms with E-state index in [-0.39, 0.29) is 11.9 Å². The van der Waals surface area contributed by atoms with E-state index < -0.39 is 0 Å². The maximum atomic E-state index is 12.5. The number of esters is 1. The van der Waals surface area contributed by atoms with E-state index in [0.29, 0.717) is 29.6 Å². The van der Waals surface area contributed by atoms with E-state index in [4.69, 9.17) is 4.74 Å². The first-order valence-electron chi connectivity index (χ1n) is 8.95. The van der Waals surface area contributed by atoms with Gasteiger partial charge in [0.2, 0.25) is 5.91 Å². The number of likely N-dealkylation sites (tertiary alicyclic amines) is 1. The van der Waals surface area contributed by atoms with Crippen molar-refractivity contribution in [2.45, 2.75) is 51.9 Å². The summed E-state index contributed by atoms with van der Waals surface area (Å²) < 4.78 is 5.26. The third-order valence-electron chi connectivity index (χ3n) is 4.85. The Balaban J connectivity index is 1.83. The van der Waals surface area contributed by atoms with Crippen molar-refractivity contribution < 1.29 is 14.3 Å². The normalized spacial score (nSPS) is 20.7. The minimum Gasteiger partial charge on any atom is -0.462 e. The average Bonchev–Trinajstić information content (AvgIpc) is 3.15. The van der Waals surface area contributed by atoms with Crippen molar-refractivity contribution in [1.29, 1.82) is 0 Å². The summed E-state index contributed by atoms with van der Waals surface area (Å²) in [6, 6.07) is 0. The highest BCUT2D eigenvalue weighted by Crippen LogP contribution is 2.43. The SMILES string of the molecule is CCOC(=O)c1c(NC(=O)CN2CCCC2)sc2c1[C@H](C)CCC2. The number of carbonyl (C=O) groups excluding carboxylic acids is 2. The number of hydrogen-bond acceptors (Lipinski definition) is 5. The molecule has 6 heteroatoms. The summed E-state index contributed by atoms with van der Waals surface area (Å²) in [5.74, 6) is 0.00237. The molecule has 132 valence electrons. The standard InChI is InChI=1S/C18H26N2O3S/c1-3-23-18(22)16-15-12(2)7-6-8-13(15)24-17(16)19-14(21)11-20-9-4-5-10-20/h12H,3-11H2,1-2H3,(H,19,21)/t12-/m1/s1. The highest BCUT2D eigenvalue weighted by molar-refractivity contribution is 7.17.